The summed E-state index contributed by atoms with van der Waals surface area (Å²) >= 11 is 1.96. The van der Waals surface area contributed by atoms with E-state index in [9.17, 15) is 0 Å². The number of rotatable bonds is 6. The fourth-order valence-corrected chi connectivity index (χ4v) is 4.53. The maximum Gasteiger partial charge on any atom is 0.0218 e. The third-order valence-electron chi connectivity index (χ3n) is 5.45. The van der Waals surface area contributed by atoms with E-state index in [-0.39, 0.29) is 0 Å². The predicted octanol–water partition coefficient (Wildman–Crippen LogP) is 3.50. The van der Waals surface area contributed by atoms with Crippen molar-refractivity contribution in [3.63, 3.8) is 0 Å². The zero-order valence-electron chi connectivity index (χ0n) is 12.7. The zero-order chi connectivity index (χ0) is 13.6. The largest absolute Gasteiger partial charge is 0.329 e. The van der Waals surface area contributed by atoms with E-state index in [1.807, 2.05) is 11.8 Å². The molecule has 1 saturated carbocycles. The molecule has 19 heavy (non-hydrogen) atoms. The summed E-state index contributed by atoms with van der Waals surface area (Å²) in [6.45, 7) is 3.46. The quantitative estimate of drug-likeness (QED) is 0.757. The van der Waals surface area contributed by atoms with E-state index >= 15 is 0 Å². The summed E-state index contributed by atoms with van der Waals surface area (Å²) in [7, 11) is 0. The van der Waals surface area contributed by atoms with Crippen LogP contribution in [-0.2, 0) is 0 Å². The number of piperidine rings is 1. The molecular formula is C16H32N2S. The molecule has 1 atom stereocenters. The average molecular weight is 285 g/mol. The summed E-state index contributed by atoms with van der Waals surface area (Å²) in [4.78, 5) is 2.69. The fraction of sp³-hybridized carbons (Fsp3) is 1.00. The summed E-state index contributed by atoms with van der Waals surface area (Å²) in [5.74, 6) is 1.29. The molecule has 1 unspecified atom stereocenters. The third-order valence-corrected chi connectivity index (χ3v) is 6.14. The standard InChI is InChI=1S/C16H32N2S/c1-19-13-5-6-15(14-17)18-11-9-16(10-12-18)7-3-2-4-8-16/h15H,2-14,17H2,1H3. The van der Waals surface area contributed by atoms with Gasteiger partial charge in [0.05, 0.1) is 0 Å². The highest BCUT2D eigenvalue weighted by Crippen LogP contribution is 2.44. The second-order valence-electron chi connectivity index (χ2n) is 6.62. The second-order valence-corrected chi connectivity index (χ2v) is 7.61. The van der Waals surface area contributed by atoms with Gasteiger partial charge < -0.3 is 5.73 Å². The number of likely N-dealkylation sites (tertiary alicyclic amines) is 1. The van der Waals surface area contributed by atoms with Crippen LogP contribution in [0.1, 0.15) is 57.8 Å². The van der Waals surface area contributed by atoms with Crippen LogP contribution in [0.3, 0.4) is 0 Å². The Morgan fingerprint density at radius 2 is 1.79 bits per heavy atom. The number of thioether (sulfide) groups is 1. The lowest BCUT2D eigenvalue weighted by atomic mass is 9.68. The van der Waals surface area contributed by atoms with Crippen molar-refractivity contribution in [2.24, 2.45) is 11.1 Å². The Morgan fingerprint density at radius 1 is 1.11 bits per heavy atom. The molecule has 0 bridgehead atoms. The van der Waals surface area contributed by atoms with Crippen molar-refractivity contribution in [1.29, 1.82) is 0 Å². The summed E-state index contributed by atoms with van der Waals surface area (Å²) in [5, 5.41) is 0. The Labute approximate surface area is 123 Å². The number of hydrogen-bond donors (Lipinski definition) is 1. The molecule has 2 rings (SSSR count). The summed E-state index contributed by atoms with van der Waals surface area (Å²) < 4.78 is 0. The van der Waals surface area contributed by atoms with Crippen molar-refractivity contribution in [2.75, 3.05) is 31.6 Å². The normalized spacial score (nSPS) is 25.6. The van der Waals surface area contributed by atoms with Gasteiger partial charge in [0, 0.05) is 12.6 Å². The molecule has 0 aromatic carbocycles. The van der Waals surface area contributed by atoms with Crippen LogP contribution in [0.4, 0.5) is 0 Å². The molecule has 3 heteroatoms. The highest BCUT2D eigenvalue weighted by Gasteiger charge is 2.36. The molecule has 1 saturated heterocycles. The number of nitrogens with two attached hydrogens (primary N) is 1. The molecule has 2 aliphatic rings. The maximum absolute atomic E-state index is 6.01. The topological polar surface area (TPSA) is 29.3 Å². The second kappa shape index (κ2) is 7.90. The van der Waals surface area contributed by atoms with Gasteiger partial charge in [0.15, 0.2) is 0 Å². The molecule has 0 radical (unpaired) electrons. The number of hydrogen-bond acceptors (Lipinski definition) is 3. The van der Waals surface area contributed by atoms with Gasteiger partial charge in [-0.15, -0.1) is 0 Å². The first-order chi connectivity index (χ1) is 9.29. The lowest BCUT2D eigenvalue weighted by Crippen LogP contribution is -2.48. The van der Waals surface area contributed by atoms with E-state index in [0.717, 1.165) is 12.0 Å². The van der Waals surface area contributed by atoms with Gasteiger partial charge in [-0.05, 0) is 69.0 Å². The van der Waals surface area contributed by atoms with Crippen LogP contribution in [0.15, 0.2) is 0 Å². The van der Waals surface area contributed by atoms with Crippen molar-refractivity contribution < 1.29 is 0 Å². The van der Waals surface area contributed by atoms with Gasteiger partial charge in [-0.25, -0.2) is 0 Å². The molecule has 2 N–H and O–H groups in total. The minimum Gasteiger partial charge on any atom is -0.329 e. The molecule has 112 valence electrons. The van der Waals surface area contributed by atoms with Crippen molar-refractivity contribution in [3.05, 3.63) is 0 Å². The van der Waals surface area contributed by atoms with Crippen LogP contribution >= 0.6 is 11.8 Å². The minimum atomic E-state index is 0.646. The van der Waals surface area contributed by atoms with E-state index in [0.29, 0.717) is 6.04 Å². The minimum absolute atomic E-state index is 0.646. The molecule has 2 fully saturated rings. The van der Waals surface area contributed by atoms with E-state index in [1.54, 1.807) is 0 Å². The van der Waals surface area contributed by atoms with E-state index in [4.69, 9.17) is 5.73 Å². The Morgan fingerprint density at radius 3 is 2.37 bits per heavy atom. The van der Waals surface area contributed by atoms with E-state index in [1.165, 1.54) is 76.6 Å². The lowest BCUT2D eigenvalue weighted by molar-refractivity contribution is 0.0446. The predicted molar refractivity (Wildman–Crippen MR) is 86.8 cm³/mol. The smallest absolute Gasteiger partial charge is 0.0218 e. The average Bonchev–Trinajstić information content (AvgIpc) is 2.46. The van der Waals surface area contributed by atoms with Crippen LogP contribution in [0.2, 0.25) is 0 Å². The molecular weight excluding hydrogens is 252 g/mol. The first-order valence-electron chi connectivity index (χ1n) is 8.23. The molecule has 1 aliphatic heterocycles. The van der Waals surface area contributed by atoms with E-state index in [2.05, 4.69) is 11.2 Å². The zero-order valence-corrected chi connectivity index (χ0v) is 13.5. The number of nitrogens with zero attached hydrogens (tertiary/aromatic N) is 1. The highest BCUT2D eigenvalue weighted by atomic mass is 32.2. The summed E-state index contributed by atoms with van der Waals surface area (Å²) in [6.07, 6.45) is 15.1. The van der Waals surface area contributed by atoms with Gasteiger partial charge in [-0.1, -0.05) is 19.3 Å². The van der Waals surface area contributed by atoms with Crippen LogP contribution in [0.25, 0.3) is 0 Å². The summed E-state index contributed by atoms with van der Waals surface area (Å²) in [5.41, 5.74) is 6.74. The van der Waals surface area contributed by atoms with Gasteiger partial charge in [-0.2, -0.15) is 11.8 Å². The molecule has 0 amide bonds. The SMILES string of the molecule is CSCCCC(CN)N1CCC2(CCCCC2)CC1. The molecule has 1 heterocycles. The Hall–Kier alpha value is 0.270. The Kier molecular flexibility index (Phi) is 6.51. The fourth-order valence-electron chi connectivity index (χ4n) is 4.08. The molecule has 0 aromatic heterocycles. The van der Waals surface area contributed by atoms with Gasteiger partial charge in [0.25, 0.3) is 0 Å². The monoisotopic (exact) mass is 284 g/mol. The molecule has 0 aromatic rings. The molecule has 1 aliphatic carbocycles. The third kappa shape index (κ3) is 4.37. The molecule has 1 spiro atoms. The van der Waals surface area contributed by atoms with Crippen LogP contribution in [0.5, 0.6) is 0 Å². The van der Waals surface area contributed by atoms with Crippen molar-refractivity contribution in [2.45, 2.75) is 63.8 Å². The van der Waals surface area contributed by atoms with Crippen molar-refractivity contribution >= 4 is 11.8 Å². The van der Waals surface area contributed by atoms with Crippen molar-refractivity contribution in [1.82, 2.24) is 4.90 Å². The van der Waals surface area contributed by atoms with Gasteiger partial charge in [-0.3, -0.25) is 4.90 Å². The van der Waals surface area contributed by atoms with Crippen LogP contribution in [-0.4, -0.2) is 42.6 Å². The Balaban J connectivity index is 1.77. The van der Waals surface area contributed by atoms with Gasteiger partial charge in [0.2, 0.25) is 0 Å². The first-order valence-corrected chi connectivity index (χ1v) is 9.62. The Bertz CT molecular complexity index is 241. The van der Waals surface area contributed by atoms with Gasteiger partial charge >= 0.3 is 0 Å². The van der Waals surface area contributed by atoms with Crippen LogP contribution < -0.4 is 5.73 Å². The highest BCUT2D eigenvalue weighted by molar-refractivity contribution is 7.98. The van der Waals surface area contributed by atoms with Crippen LogP contribution in [0, 0.1) is 5.41 Å². The molecule has 2 nitrogen and oxygen atoms in total. The summed E-state index contributed by atoms with van der Waals surface area (Å²) in [6, 6.07) is 0.646. The van der Waals surface area contributed by atoms with Crippen molar-refractivity contribution in [3.8, 4) is 0 Å². The van der Waals surface area contributed by atoms with Gasteiger partial charge in [0.1, 0.15) is 0 Å². The maximum atomic E-state index is 6.01. The van der Waals surface area contributed by atoms with E-state index < -0.39 is 0 Å². The first kappa shape index (κ1) is 15.7. The lowest BCUT2D eigenvalue weighted by Gasteiger charge is -2.46.